The zero-order valence-electron chi connectivity index (χ0n) is 11.0. The number of amides is 1. The van der Waals surface area contributed by atoms with Crippen LogP contribution in [0.1, 0.15) is 6.42 Å². The van der Waals surface area contributed by atoms with E-state index in [2.05, 4.69) is 10.3 Å². The molecule has 18 heavy (non-hydrogen) atoms. The molecule has 1 aromatic heterocycles. The summed E-state index contributed by atoms with van der Waals surface area (Å²) in [5, 5.41) is 2.78. The van der Waals surface area contributed by atoms with Gasteiger partial charge in [-0.25, -0.2) is 0 Å². The molecule has 0 aromatic carbocycles. The molecule has 0 spiro atoms. The Labute approximate surface area is 107 Å². The van der Waals surface area contributed by atoms with Crippen LogP contribution >= 0.6 is 0 Å². The number of carbonyl (C=O) groups is 1. The first-order chi connectivity index (χ1) is 8.56. The van der Waals surface area contributed by atoms with Crippen molar-refractivity contribution in [1.29, 1.82) is 0 Å². The van der Waals surface area contributed by atoms with Gasteiger partial charge in [-0.05, 0) is 12.5 Å². The highest BCUT2D eigenvalue weighted by Gasteiger charge is 2.15. The van der Waals surface area contributed by atoms with Crippen molar-refractivity contribution in [3.8, 4) is 0 Å². The summed E-state index contributed by atoms with van der Waals surface area (Å²) in [5.41, 5.74) is 7.29. The van der Waals surface area contributed by atoms with Crippen molar-refractivity contribution in [2.24, 2.45) is 5.73 Å². The summed E-state index contributed by atoms with van der Waals surface area (Å²) in [4.78, 5) is 17.8. The largest absolute Gasteiger partial charge is 0.385 e. The first kappa shape index (κ1) is 14.4. The molecule has 0 aliphatic heterocycles. The molecular weight excluding hydrogens is 232 g/mol. The molecule has 0 saturated heterocycles. The van der Waals surface area contributed by atoms with E-state index in [0.29, 0.717) is 18.7 Å². The molecule has 0 bridgehead atoms. The molecule has 0 fully saturated rings. The molecule has 1 rings (SSSR count). The van der Waals surface area contributed by atoms with Crippen molar-refractivity contribution in [2.75, 3.05) is 38.0 Å². The molecule has 100 valence electrons. The van der Waals surface area contributed by atoms with Gasteiger partial charge >= 0.3 is 0 Å². The third kappa shape index (κ3) is 3.97. The monoisotopic (exact) mass is 252 g/mol. The van der Waals surface area contributed by atoms with Gasteiger partial charge in [0.25, 0.3) is 0 Å². The van der Waals surface area contributed by atoms with E-state index in [1.54, 1.807) is 19.5 Å². The number of nitrogens with one attached hydrogen (secondary N) is 1. The number of carbonyl (C=O) groups excluding carboxylic acids is 1. The number of rotatable bonds is 6. The number of nitrogens with two attached hydrogens (primary N) is 1. The second-order valence-corrected chi connectivity index (χ2v) is 4.16. The quantitative estimate of drug-likeness (QED) is 0.768. The van der Waals surface area contributed by atoms with Crippen LogP contribution < -0.4 is 16.0 Å². The van der Waals surface area contributed by atoms with E-state index in [0.717, 1.165) is 5.69 Å². The summed E-state index contributed by atoms with van der Waals surface area (Å²) in [7, 11) is 5.38. The summed E-state index contributed by atoms with van der Waals surface area (Å²) in [6.45, 7) is 0.460. The highest BCUT2D eigenvalue weighted by atomic mass is 16.5. The predicted molar refractivity (Wildman–Crippen MR) is 71.7 cm³/mol. The summed E-state index contributed by atoms with van der Waals surface area (Å²) in [6.07, 6.45) is 3.77. The highest BCUT2D eigenvalue weighted by Crippen LogP contribution is 2.22. The van der Waals surface area contributed by atoms with E-state index in [1.807, 2.05) is 25.1 Å². The molecule has 6 heteroatoms. The Hall–Kier alpha value is -1.66. The van der Waals surface area contributed by atoms with Crippen LogP contribution in [0.4, 0.5) is 11.4 Å². The summed E-state index contributed by atoms with van der Waals surface area (Å²) in [6, 6.07) is 1.25. The van der Waals surface area contributed by atoms with Gasteiger partial charge in [0.05, 0.1) is 23.6 Å². The fourth-order valence-corrected chi connectivity index (χ4v) is 1.47. The van der Waals surface area contributed by atoms with Crippen LogP contribution in [0.2, 0.25) is 0 Å². The number of anilines is 2. The van der Waals surface area contributed by atoms with Gasteiger partial charge in [-0.1, -0.05) is 0 Å². The topological polar surface area (TPSA) is 80.5 Å². The van der Waals surface area contributed by atoms with Crippen molar-refractivity contribution in [3.63, 3.8) is 0 Å². The number of nitrogens with zero attached hydrogens (tertiary/aromatic N) is 2. The number of hydrogen-bond donors (Lipinski definition) is 2. The maximum atomic E-state index is 11.9. The predicted octanol–water partition coefficient (Wildman–Crippen LogP) is 0.450. The smallest absolute Gasteiger partial charge is 0.241 e. The van der Waals surface area contributed by atoms with Crippen LogP contribution in [0.3, 0.4) is 0 Å². The molecule has 6 nitrogen and oxygen atoms in total. The molecule has 3 N–H and O–H groups in total. The number of hydrogen-bond acceptors (Lipinski definition) is 5. The average molecular weight is 252 g/mol. The van der Waals surface area contributed by atoms with Crippen LogP contribution in [0.25, 0.3) is 0 Å². The Morgan fingerprint density at radius 2 is 2.33 bits per heavy atom. The SMILES string of the molecule is COCCC(N)C(=O)Nc1cnccc1N(C)C. The Morgan fingerprint density at radius 1 is 1.61 bits per heavy atom. The number of pyridine rings is 1. The van der Waals surface area contributed by atoms with Crippen molar-refractivity contribution in [3.05, 3.63) is 18.5 Å². The average Bonchev–Trinajstić information content (AvgIpc) is 2.36. The van der Waals surface area contributed by atoms with Crippen molar-refractivity contribution < 1.29 is 9.53 Å². The van der Waals surface area contributed by atoms with Crippen LogP contribution in [-0.2, 0) is 9.53 Å². The van der Waals surface area contributed by atoms with Gasteiger partial charge in [-0.3, -0.25) is 9.78 Å². The molecule has 1 amide bonds. The molecule has 1 heterocycles. The Bertz CT molecular complexity index is 395. The van der Waals surface area contributed by atoms with Crippen molar-refractivity contribution >= 4 is 17.3 Å². The molecule has 0 radical (unpaired) electrons. The molecule has 0 aliphatic rings. The Morgan fingerprint density at radius 3 is 2.94 bits per heavy atom. The van der Waals surface area contributed by atoms with Gasteiger partial charge < -0.3 is 20.7 Å². The first-order valence-electron chi connectivity index (χ1n) is 5.73. The fourth-order valence-electron chi connectivity index (χ4n) is 1.47. The molecule has 0 saturated carbocycles. The minimum Gasteiger partial charge on any atom is -0.385 e. The molecule has 1 aromatic rings. The number of ether oxygens (including phenoxy) is 1. The van der Waals surface area contributed by atoms with Gasteiger partial charge in [0.2, 0.25) is 5.91 Å². The molecule has 1 unspecified atom stereocenters. The molecule has 1 atom stereocenters. The van der Waals surface area contributed by atoms with Crippen LogP contribution in [0.15, 0.2) is 18.5 Å². The minimum atomic E-state index is -0.583. The maximum absolute atomic E-state index is 11.9. The summed E-state index contributed by atoms with van der Waals surface area (Å²) >= 11 is 0. The minimum absolute atomic E-state index is 0.233. The zero-order chi connectivity index (χ0) is 13.5. The number of aromatic nitrogens is 1. The summed E-state index contributed by atoms with van der Waals surface area (Å²) in [5.74, 6) is -0.233. The third-order valence-electron chi connectivity index (χ3n) is 2.51. The fraction of sp³-hybridized carbons (Fsp3) is 0.500. The third-order valence-corrected chi connectivity index (χ3v) is 2.51. The van der Waals surface area contributed by atoms with Gasteiger partial charge in [0, 0.05) is 34.0 Å². The molecule has 0 aliphatic carbocycles. The van der Waals surface area contributed by atoms with Crippen LogP contribution in [0.5, 0.6) is 0 Å². The standard InChI is InChI=1S/C12H20N4O2/c1-16(2)11-4-6-14-8-10(11)15-12(17)9(13)5-7-18-3/h4,6,8-9H,5,7,13H2,1-3H3,(H,15,17). The normalized spacial score (nSPS) is 12.0. The maximum Gasteiger partial charge on any atom is 0.241 e. The van der Waals surface area contributed by atoms with Gasteiger partial charge in [0.1, 0.15) is 0 Å². The van der Waals surface area contributed by atoms with Gasteiger partial charge in [-0.2, -0.15) is 0 Å². The van der Waals surface area contributed by atoms with Gasteiger partial charge in [0.15, 0.2) is 0 Å². The van der Waals surface area contributed by atoms with Crippen molar-refractivity contribution in [2.45, 2.75) is 12.5 Å². The van der Waals surface area contributed by atoms with E-state index in [4.69, 9.17) is 10.5 Å². The van der Waals surface area contributed by atoms with Crippen molar-refractivity contribution in [1.82, 2.24) is 4.98 Å². The van der Waals surface area contributed by atoms with E-state index >= 15 is 0 Å². The van der Waals surface area contributed by atoms with E-state index in [1.165, 1.54) is 0 Å². The lowest BCUT2D eigenvalue weighted by Gasteiger charge is -2.18. The van der Waals surface area contributed by atoms with Crippen LogP contribution in [-0.4, -0.2) is 44.7 Å². The van der Waals surface area contributed by atoms with E-state index < -0.39 is 6.04 Å². The zero-order valence-corrected chi connectivity index (χ0v) is 11.0. The second-order valence-electron chi connectivity index (χ2n) is 4.16. The lowest BCUT2D eigenvalue weighted by Crippen LogP contribution is -2.36. The van der Waals surface area contributed by atoms with E-state index in [-0.39, 0.29) is 5.91 Å². The lowest BCUT2D eigenvalue weighted by atomic mass is 10.2. The van der Waals surface area contributed by atoms with Gasteiger partial charge in [-0.15, -0.1) is 0 Å². The Balaban J connectivity index is 2.69. The molecular formula is C12H20N4O2. The first-order valence-corrected chi connectivity index (χ1v) is 5.73. The van der Waals surface area contributed by atoms with E-state index in [9.17, 15) is 4.79 Å². The summed E-state index contributed by atoms with van der Waals surface area (Å²) < 4.78 is 4.89. The Kier molecular flexibility index (Phi) is 5.54. The lowest BCUT2D eigenvalue weighted by molar-refractivity contribution is -0.117. The highest BCUT2D eigenvalue weighted by molar-refractivity contribution is 5.97. The number of methoxy groups -OCH3 is 1. The second kappa shape index (κ2) is 6.93. The van der Waals surface area contributed by atoms with Crippen LogP contribution in [0, 0.1) is 0 Å².